The fourth-order valence-corrected chi connectivity index (χ4v) is 1.84. The van der Waals surface area contributed by atoms with Crippen molar-refractivity contribution >= 4 is 17.3 Å². The van der Waals surface area contributed by atoms with Crippen molar-refractivity contribution in [3.8, 4) is 5.75 Å². The normalized spacial score (nSPS) is 11.3. The minimum absolute atomic E-state index is 0.0128. The molecule has 0 heterocycles. The molecule has 22 heavy (non-hydrogen) atoms. The first-order chi connectivity index (χ1) is 10.5. The van der Waals surface area contributed by atoms with E-state index in [2.05, 4.69) is 4.99 Å². The Morgan fingerprint density at radius 1 is 1.18 bits per heavy atom. The Kier molecular flexibility index (Phi) is 4.83. The summed E-state index contributed by atoms with van der Waals surface area (Å²) in [6.07, 6.45) is -0.299. The molecule has 2 aromatic rings. The Hall–Kier alpha value is -2.76. The smallest absolute Gasteiger partial charge is 0.173 e. The largest absolute Gasteiger partial charge is 0.497 e. The molecule has 4 nitrogen and oxygen atoms in total. The summed E-state index contributed by atoms with van der Waals surface area (Å²) in [6, 6.07) is 10.1. The zero-order chi connectivity index (χ0) is 16.1. The van der Waals surface area contributed by atoms with E-state index in [1.807, 2.05) is 0 Å². The summed E-state index contributed by atoms with van der Waals surface area (Å²) in [5, 5.41) is 0. The van der Waals surface area contributed by atoms with Crippen LogP contribution in [0.5, 0.6) is 5.75 Å². The molecule has 0 aliphatic carbocycles. The van der Waals surface area contributed by atoms with Gasteiger partial charge in [0.2, 0.25) is 0 Å². The van der Waals surface area contributed by atoms with Crippen molar-refractivity contribution in [3.05, 3.63) is 59.7 Å². The molecule has 0 saturated carbocycles. The monoisotopic (exact) mass is 304 g/mol. The van der Waals surface area contributed by atoms with E-state index in [9.17, 15) is 13.6 Å². The number of benzene rings is 2. The van der Waals surface area contributed by atoms with Crippen molar-refractivity contribution in [2.45, 2.75) is 6.42 Å². The van der Waals surface area contributed by atoms with Crippen LogP contribution in [-0.2, 0) is 0 Å². The summed E-state index contributed by atoms with van der Waals surface area (Å²) in [5.41, 5.74) is 5.88. The molecule has 0 unspecified atom stereocenters. The van der Waals surface area contributed by atoms with Gasteiger partial charge in [0.05, 0.1) is 24.8 Å². The summed E-state index contributed by atoms with van der Waals surface area (Å²) in [6.45, 7) is 0. The second kappa shape index (κ2) is 6.80. The Labute approximate surface area is 126 Å². The molecule has 0 radical (unpaired) electrons. The zero-order valence-electron chi connectivity index (χ0n) is 11.8. The maximum absolute atomic E-state index is 13.5. The molecular formula is C16H14F2N2O2. The van der Waals surface area contributed by atoms with Crippen LogP contribution in [0.3, 0.4) is 0 Å². The quantitative estimate of drug-likeness (QED) is 0.524. The maximum Gasteiger partial charge on any atom is 0.173 e. The first-order valence-electron chi connectivity index (χ1n) is 6.45. The molecule has 0 amide bonds. The van der Waals surface area contributed by atoms with Crippen molar-refractivity contribution in [3.63, 3.8) is 0 Å². The van der Waals surface area contributed by atoms with Crippen LogP contribution in [0, 0.1) is 11.6 Å². The van der Waals surface area contributed by atoms with E-state index >= 15 is 0 Å². The van der Waals surface area contributed by atoms with Crippen LogP contribution < -0.4 is 10.5 Å². The maximum atomic E-state index is 13.5. The van der Waals surface area contributed by atoms with E-state index in [-0.39, 0.29) is 17.8 Å². The number of halogens is 2. The Morgan fingerprint density at radius 2 is 1.86 bits per heavy atom. The van der Waals surface area contributed by atoms with Gasteiger partial charge in [-0.2, -0.15) is 0 Å². The lowest BCUT2D eigenvalue weighted by Crippen LogP contribution is -2.18. The second-order valence-corrected chi connectivity index (χ2v) is 4.50. The molecular weight excluding hydrogens is 290 g/mol. The minimum atomic E-state index is -1.18. The third kappa shape index (κ3) is 3.66. The predicted molar refractivity (Wildman–Crippen MR) is 79.6 cm³/mol. The van der Waals surface area contributed by atoms with Gasteiger partial charge >= 0.3 is 0 Å². The standard InChI is InChI=1S/C16H14F2N2O2/c1-22-11-7-5-10(6-8-11)20-15(19)9-14(21)12-3-2-4-13(17)16(12)18/h2-8H,9H2,1H3,(H2,19,20). The van der Waals surface area contributed by atoms with Gasteiger partial charge in [-0.05, 0) is 36.4 Å². The Morgan fingerprint density at radius 3 is 2.50 bits per heavy atom. The molecule has 114 valence electrons. The molecule has 2 aromatic carbocycles. The van der Waals surface area contributed by atoms with Gasteiger partial charge in [-0.3, -0.25) is 4.79 Å². The molecule has 0 spiro atoms. The molecule has 0 aliphatic heterocycles. The lowest BCUT2D eigenvalue weighted by atomic mass is 10.1. The number of methoxy groups -OCH3 is 1. The third-order valence-electron chi connectivity index (χ3n) is 2.94. The average molecular weight is 304 g/mol. The number of carbonyl (C=O) groups is 1. The molecule has 0 aromatic heterocycles. The summed E-state index contributed by atoms with van der Waals surface area (Å²) in [7, 11) is 1.54. The van der Waals surface area contributed by atoms with Crippen molar-refractivity contribution in [1.29, 1.82) is 0 Å². The number of amidine groups is 1. The van der Waals surface area contributed by atoms with E-state index in [1.54, 1.807) is 31.4 Å². The zero-order valence-corrected chi connectivity index (χ0v) is 11.8. The van der Waals surface area contributed by atoms with E-state index in [1.165, 1.54) is 12.1 Å². The number of ketones is 1. The molecule has 0 saturated heterocycles. The van der Waals surface area contributed by atoms with Crippen LogP contribution in [0.4, 0.5) is 14.5 Å². The summed E-state index contributed by atoms with van der Waals surface area (Å²) < 4.78 is 31.6. The van der Waals surface area contributed by atoms with Crippen LogP contribution >= 0.6 is 0 Å². The first kappa shape index (κ1) is 15.6. The van der Waals surface area contributed by atoms with Gasteiger partial charge in [-0.15, -0.1) is 0 Å². The van der Waals surface area contributed by atoms with Gasteiger partial charge in [0, 0.05) is 0 Å². The molecule has 2 rings (SSSR count). The Balaban J connectivity index is 2.13. The van der Waals surface area contributed by atoms with Crippen molar-refractivity contribution in [1.82, 2.24) is 0 Å². The number of aliphatic imine (C=N–C) groups is 1. The molecule has 0 bridgehead atoms. The van der Waals surface area contributed by atoms with Crippen LogP contribution in [0.1, 0.15) is 16.8 Å². The van der Waals surface area contributed by atoms with Gasteiger partial charge in [0.25, 0.3) is 0 Å². The Bertz CT molecular complexity index is 713. The third-order valence-corrected chi connectivity index (χ3v) is 2.94. The number of rotatable bonds is 5. The minimum Gasteiger partial charge on any atom is -0.497 e. The van der Waals surface area contributed by atoms with E-state index < -0.39 is 17.4 Å². The number of hydrogen-bond donors (Lipinski definition) is 1. The highest BCUT2D eigenvalue weighted by Crippen LogP contribution is 2.18. The van der Waals surface area contributed by atoms with Crippen LogP contribution in [0.25, 0.3) is 0 Å². The number of Topliss-reactive ketones (excluding diaryl/α,β-unsaturated/α-hetero) is 1. The topological polar surface area (TPSA) is 64.7 Å². The van der Waals surface area contributed by atoms with Gasteiger partial charge in [0.1, 0.15) is 11.6 Å². The molecule has 0 atom stereocenters. The second-order valence-electron chi connectivity index (χ2n) is 4.50. The SMILES string of the molecule is COc1ccc(N=C(N)CC(=O)c2cccc(F)c2F)cc1. The van der Waals surface area contributed by atoms with E-state index in [0.29, 0.717) is 11.4 Å². The van der Waals surface area contributed by atoms with Crippen molar-refractivity contribution < 1.29 is 18.3 Å². The lowest BCUT2D eigenvalue weighted by Gasteiger charge is -2.04. The fraction of sp³-hybridized carbons (Fsp3) is 0.125. The van der Waals surface area contributed by atoms with E-state index in [4.69, 9.17) is 10.5 Å². The highest BCUT2D eigenvalue weighted by molar-refractivity contribution is 6.09. The molecule has 6 heteroatoms. The van der Waals surface area contributed by atoms with Gasteiger partial charge in [-0.25, -0.2) is 13.8 Å². The van der Waals surface area contributed by atoms with Crippen molar-refractivity contribution in [2.75, 3.05) is 7.11 Å². The van der Waals surface area contributed by atoms with Gasteiger partial charge in [0.15, 0.2) is 17.4 Å². The number of nitrogens with zero attached hydrogens (tertiary/aromatic N) is 1. The highest BCUT2D eigenvalue weighted by atomic mass is 19.2. The molecule has 0 fully saturated rings. The van der Waals surface area contributed by atoms with Crippen LogP contribution in [0.2, 0.25) is 0 Å². The predicted octanol–water partition coefficient (Wildman–Crippen LogP) is 3.24. The number of hydrogen-bond acceptors (Lipinski definition) is 3. The summed E-state index contributed by atoms with van der Waals surface area (Å²) in [5.74, 6) is -2.21. The fourth-order valence-electron chi connectivity index (χ4n) is 1.84. The number of carbonyl (C=O) groups excluding carboxylic acids is 1. The molecule has 0 aliphatic rings. The van der Waals surface area contributed by atoms with Crippen molar-refractivity contribution in [2.24, 2.45) is 10.7 Å². The van der Waals surface area contributed by atoms with Crippen LogP contribution in [0.15, 0.2) is 47.5 Å². The van der Waals surface area contributed by atoms with Gasteiger partial charge < -0.3 is 10.5 Å². The summed E-state index contributed by atoms with van der Waals surface area (Å²) >= 11 is 0. The number of ether oxygens (including phenoxy) is 1. The summed E-state index contributed by atoms with van der Waals surface area (Å²) in [4.78, 5) is 16.0. The average Bonchev–Trinajstić information content (AvgIpc) is 2.50. The number of nitrogens with two attached hydrogens (primary N) is 1. The van der Waals surface area contributed by atoms with E-state index in [0.717, 1.165) is 6.07 Å². The van der Waals surface area contributed by atoms with Gasteiger partial charge in [-0.1, -0.05) is 6.07 Å². The van der Waals surface area contributed by atoms with Crippen LogP contribution in [-0.4, -0.2) is 18.7 Å². The highest BCUT2D eigenvalue weighted by Gasteiger charge is 2.16. The lowest BCUT2D eigenvalue weighted by molar-refractivity contribution is 0.0995. The first-order valence-corrected chi connectivity index (χ1v) is 6.45. The molecule has 2 N–H and O–H groups in total.